The Hall–Kier alpha value is -1.52. The maximum Gasteiger partial charge on any atom is 0.360 e. The number of imidazole rings is 1. The predicted octanol–water partition coefficient (Wildman–Crippen LogP) is 2.78. The van der Waals surface area contributed by atoms with E-state index >= 15 is 0 Å². The van der Waals surface area contributed by atoms with Crippen molar-refractivity contribution in [3.05, 3.63) is 12.0 Å². The first kappa shape index (κ1) is 13.9. The van der Waals surface area contributed by atoms with Crippen LogP contribution in [-0.4, -0.2) is 22.6 Å². The van der Waals surface area contributed by atoms with Gasteiger partial charge in [-0.25, -0.2) is 9.78 Å². The highest BCUT2D eigenvalue weighted by Gasteiger charge is 2.27. The van der Waals surface area contributed by atoms with Gasteiger partial charge in [0, 0.05) is 6.04 Å². The van der Waals surface area contributed by atoms with Crippen LogP contribution in [0.3, 0.4) is 0 Å². The van der Waals surface area contributed by atoms with E-state index in [-0.39, 0.29) is 5.69 Å². The number of rotatable bonds is 4. The van der Waals surface area contributed by atoms with Crippen LogP contribution in [-0.2, 0) is 4.74 Å². The molecule has 1 unspecified atom stereocenters. The Bertz CT molecular complexity index is 436. The number of methoxy groups -OCH3 is 1. The van der Waals surface area contributed by atoms with Gasteiger partial charge in [-0.1, -0.05) is 26.2 Å². The van der Waals surface area contributed by atoms with Crippen molar-refractivity contribution in [2.45, 2.75) is 51.5 Å². The molecule has 0 spiro atoms. The Kier molecular flexibility index (Phi) is 4.45. The minimum atomic E-state index is -0.463. The fourth-order valence-corrected chi connectivity index (χ4v) is 3.16. The molecule has 0 amide bonds. The van der Waals surface area contributed by atoms with Gasteiger partial charge in [-0.2, -0.15) is 0 Å². The van der Waals surface area contributed by atoms with Crippen molar-refractivity contribution in [2.75, 3.05) is 12.8 Å². The third kappa shape index (κ3) is 2.74. The minimum absolute atomic E-state index is 0.233. The summed E-state index contributed by atoms with van der Waals surface area (Å²) in [6, 6.07) is 0.339. The van der Waals surface area contributed by atoms with Gasteiger partial charge in [0.05, 0.1) is 13.4 Å². The number of nitrogens with two attached hydrogens (primary N) is 1. The van der Waals surface area contributed by atoms with E-state index in [1.165, 1.54) is 39.2 Å². The number of ether oxygens (including phenoxy) is 1. The summed E-state index contributed by atoms with van der Waals surface area (Å²) < 4.78 is 6.66. The van der Waals surface area contributed by atoms with Crippen LogP contribution in [0.1, 0.15) is 62.0 Å². The average molecular weight is 265 g/mol. The number of nitrogen functional groups attached to an aromatic ring is 1. The lowest BCUT2D eigenvalue weighted by Crippen LogP contribution is -2.22. The molecule has 106 valence electrons. The largest absolute Gasteiger partial charge is 0.464 e. The summed E-state index contributed by atoms with van der Waals surface area (Å²) in [5, 5.41) is 0. The highest BCUT2D eigenvalue weighted by molar-refractivity contribution is 5.92. The molecule has 5 nitrogen and oxygen atoms in total. The fraction of sp³-hybridized carbons (Fsp3) is 0.714. The number of nitrogens with zero attached hydrogens (tertiary/aromatic N) is 2. The quantitative estimate of drug-likeness (QED) is 0.850. The Morgan fingerprint density at radius 2 is 2.21 bits per heavy atom. The molecule has 5 heteroatoms. The van der Waals surface area contributed by atoms with Crippen LogP contribution in [0.4, 0.5) is 5.82 Å². The smallest absolute Gasteiger partial charge is 0.360 e. The van der Waals surface area contributed by atoms with Gasteiger partial charge in [0.2, 0.25) is 0 Å². The number of anilines is 1. The summed E-state index contributed by atoms with van der Waals surface area (Å²) >= 11 is 0. The SMILES string of the molecule is CCC(C1CCCCC1)n1cnc(C(=O)OC)c1N. The Labute approximate surface area is 114 Å². The first-order valence-corrected chi connectivity index (χ1v) is 7.09. The lowest BCUT2D eigenvalue weighted by atomic mass is 9.83. The fourth-order valence-electron chi connectivity index (χ4n) is 3.16. The Balaban J connectivity index is 2.23. The molecule has 1 heterocycles. The van der Waals surface area contributed by atoms with E-state index in [1.54, 1.807) is 6.33 Å². The van der Waals surface area contributed by atoms with E-state index in [0.29, 0.717) is 17.8 Å². The maximum absolute atomic E-state index is 11.6. The molecule has 1 aromatic rings. The Morgan fingerprint density at radius 3 is 2.79 bits per heavy atom. The molecule has 0 aromatic carbocycles. The Morgan fingerprint density at radius 1 is 1.53 bits per heavy atom. The molecule has 19 heavy (non-hydrogen) atoms. The molecule has 0 aliphatic heterocycles. The van der Waals surface area contributed by atoms with Crippen LogP contribution in [0.25, 0.3) is 0 Å². The van der Waals surface area contributed by atoms with Crippen LogP contribution in [0.15, 0.2) is 6.33 Å². The normalized spacial score (nSPS) is 18.2. The number of carbonyl (C=O) groups is 1. The summed E-state index contributed by atoms with van der Waals surface area (Å²) in [4.78, 5) is 15.7. The van der Waals surface area contributed by atoms with Crippen molar-refractivity contribution in [1.29, 1.82) is 0 Å². The second-order valence-electron chi connectivity index (χ2n) is 5.25. The second-order valence-corrected chi connectivity index (χ2v) is 5.25. The standard InChI is InChI=1S/C14H23N3O2/c1-3-11(10-7-5-4-6-8-10)17-9-16-12(13(17)15)14(18)19-2/h9-11H,3-8,15H2,1-2H3. The highest BCUT2D eigenvalue weighted by Crippen LogP contribution is 2.36. The number of hydrogen-bond donors (Lipinski definition) is 1. The van der Waals surface area contributed by atoms with Crippen LogP contribution in [0.5, 0.6) is 0 Å². The molecule has 0 bridgehead atoms. The van der Waals surface area contributed by atoms with E-state index in [1.807, 2.05) is 4.57 Å². The predicted molar refractivity (Wildman–Crippen MR) is 73.9 cm³/mol. The molecule has 0 radical (unpaired) electrons. The van der Waals surface area contributed by atoms with Gasteiger partial charge >= 0.3 is 5.97 Å². The summed E-state index contributed by atoms with van der Waals surface area (Å²) in [6.07, 6.45) is 9.09. The van der Waals surface area contributed by atoms with Gasteiger partial charge in [-0.3, -0.25) is 0 Å². The average Bonchev–Trinajstić information content (AvgIpc) is 2.82. The van der Waals surface area contributed by atoms with Gasteiger partial charge in [0.1, 0.15) is 5.82 Å². The molecule has 1 saturated carbocycles. The van der Waals surface area contributed by atoms with E-state index in [9.17, 15) is 4.79 Å². The van der Waals surface area contributed by atoms with Crippen LogP contribution >= 0.6 is 0 Å². The minimum Gasteiger partial charge on any atom is -0.464 e. The summed E-state index contributed by atoms with van der Waals surface area (Å²) in [7, 11) is 1.35. The van der Waals surface area contributed by atoms with Crippen molar-refractivity contribution in [3.63, 3.8) is 0 Å². The second kappa shape index (κ2) is 6.08. The molecule has 2 rings (SSSR count). The number of carbonyl (C=O) groups excluding carboxylic acids is 1. The number of hydrogen-bond acceptors (Lipinski definition) is 4. The molecule has 0 saturated heterocycles. The van der Waals surface area contributed by atoms with Crippen molar-refractivity contribution in [3.8, 4) is 0 Å². The van der Waals surface area contributed by atoms with Crippen molar-refractivity contribution in [2.24, 2.45) is 5.92 Å². The first-order valence-electron chi connectivity index (χ1n) is 7.09. The van der Waals surface area contributed by atoms with E-state index in [0.717, 1.165) is 6.42 Å². The maximum atomic E-state index is 11.6. The third-order valence-corrected chi connectivity index (χ3v) is 4.18. The molecular formula is C14H23N3O2. The molecule has 1 aliphatic rings. The van der Waals surface area contributed by atoms with E-state index < -0.39 is 5.97 Å². The monoisotopic (exact) mass is 265 g/mol. The van der Waals surface area contributed by atoms with Gasteiger partial charge < -0.3 is 15.0 Å². The molecule has 1 aromatic heterocycles. The molecule has 1 atom stereocenters. The summed E-state index contributed by atoms with van der Waals surface area (Å²) in [5.74, 6) is 0.611. The third-order valence-electron chi connectivity index (χ3n) is 4.18. The van der Waals surface area contributed by atoms with Crippen LogP contribution < -0.4 is 5.73 Å². The number of aromatic nitrogens is 2. The summed E-state index contributed by atoms with van der Waals surface area (Å²) in [5.41, 5.74) is 6.30. The van der Waals surface area contributed by atoms with E-state index in [4.69, 9.17) is 10.5 Å². The van der Waals surface area contributed by atoms with Gasteiger partial charge in [0.15, 0.2) is 5.69 Å². The van der Waals surface area contributed by atoms with Crippen molar-refractivity contribution < 1.29 is 9.53 Å². The molecule has 1 fully saturated rings. The van der Waals surface area contributed by atoms with Crippen molar-refractivity contribution >= 4 is 11.8 Å². The van der Waals surface area contributed by atoms with Gasteiger partial charge in [-0.15, -0.1) is 0 Å². The molecular weight excluding hydrogens is 242 g/mol. The zero-order valence-corrected chi connectivity index (χ0v) is 11.8. The lowest BCUT2D eigenvalue weighted by molar-refractivity contribution is 0.0596. The van der Waals surface area contributed by atoms with Gasteiger partial charge in [0.25, 0.3) is 0 Å². The number of esters is 1. The summed E-state index contributed by atoms with van der Waals surface area (Å²) in [6.45, 7) is 2.16. The van der Waals surface area contributed by atoms with Gasteiger partial charge in [-0.05, 0) is 25.2 Å². The topological polar surface area (TPSA) is 70.1 Å². The zero-order chi connectivity index (χ0) is 13.8. The molecule has 2 N–H and O–H groups in total. The van der Waals surface area contributed by atoms with Crippen LogP contribution in [0, 0.1) is 5.92 Å². The molecule has 1 aliphatic carbocycles. The van der Waals surface area contributed by atoms with E-state index in [2.05, 4.69) is 11.9 Å². The van der Waals surface area contributed by atoms with Crippen molar-refractivity contribution in [1.82, 2.24) is 9.55 Å². The lowest BCUT2D eigenvalue weighted by Gasteiger charge is -2.31. The highest BCUT2D eigenvalue weighted by atomic mass is 16.5. The zero-order valence-electron chi connectivity index (χ0n) is 11.8. The first-order chi connectivity index (χ1) is 9.19. The van der Waals surface area contributed by atoms with Crippen LogP contribution in [0.2, 0.25) is 0 Å².